The van der Waals surface area contributed by atoms with E-state index in [2.05, 4.69) is 4.98 Å². The van der Waals surface area contributed by atoms with Crippen molar-refractivity contribution in [2.24, 2.45) is 0 Å². The van der Waals surface area contributed by atoms with Crippen LogP contribution in [0.1, 0.15) is 27.7 Å². The van der Waals surface area contributed by atoms with Gasteiger partial charge in [-0.05, 0) is 27.7 Å². The molecule has 0 radical (unpaired) electrons. The predicted molar refractivity (Wildman–Crippen MR) is 69.2 cm³/mol. The number of carbonyl (C=O) groups is 1. The number of alkyl halides is 3. The minimum atomic E-state index is -5.10. The summed E-state index contributed by atoms with van der Waals surface area (Å²) in [6.07, 6.45) is -2.65. The molecule has 0 bridgehead atoms. The fraction of sp³-hybridized carbons (Fsp3) is 0.583. The number of nitrogens with zero attached hydrogens (tertiary/aromatic N) is 2. The van der Waals surface area contributed by atoms with Crippen LogP contribution in [-0.4, -0.2) is 32.3 Å². The van der Waals surface area contributed by atoms with Crippen molar-refractivity contribution < 1.29 is 23.1 Å². The molecule has 1 aromatic rings. The van der Waals surface area contributed by atoms with Gasteiger partial charge in [-0.1, -0.05) is 0 Å². The molecule has 1 atom stereocenters. The van der Waals surface area contributed by atoms with Crippen LogP contribution in [0.15, 0.2) is 17.2 Å². The largest absolute Gasteiger partial charge is 0.479 e. The van der Waals surface area contributed by atoms with Gasteiger partial charge in [0.25, 0.3) is 5.56 Å². The highest BCUT2D eigenvalue weighted by atomic mass is 19.4. The summed E-state index contributed by atoms with van der Waals surface area (Å²) in [6.45, 7) is 5.47. The summed E-state index contributed by atoms with van der Waals surface area (Å²) in [6, 6.07) is 0. The van der Waals surface area contributed by atoms with Gasteiger partial charge in [-0.2, -0.15) is 13.2 Å². The number of aliphatic carboxylic acids is 1. The maximum atomic E-state index is 12.9. The van der Waals surface area contributed by atoms with E-state index in [0.717, 1.165) is 6.20 Å². The van der Waals surface area contributed by atoms with Crippen LogP contribution in [0.3, 0.4) is 0 Å². The number of nitrogens with one attached hydrogen (secondary N) is 1. The lowest BCUT2D eigenvalue weighted by atomic mass is 10.0. The molecule has 1 rings (SSSR count). The maximum Gasteiger partial charge on any atom is 0.422 e. The van der Waals surface area contributed by atoms with E-state index < -0.39 is 34.6 Å². The fourth-order valence-electron chi connectivity index (χ4n) is 1.51. The quantitative estimate of drug-likeness (QED) is 0.890. The first-order valence-electron chi connectivity index (χ1n) is 5.97. The van der Waals surface area contributed by atoms with Crippen molar-refractivity contribution in [2.75, 3.05) is 5.32 Å². The number of hydrogen-bond acceptors (Lipinski definition) is 4. The standard InChI is InChI=1S/C12H16F3N3O3/c1-10(2,3)18-6-5-16-7(8(18)19)17-11(4,9(20)21)12(13,14)15/h5-6H,1-4H3,(H,16,17)(H,20,21). The molecule has 0 saturated heterocycles. The highest BCUT2D eigenvalue weighted by Crippen LogP contribution is 2.32. The SMILES string of the molecule is CC(C)(C)n1ccnc(NC(C)(C(=O)O)C(F)(F)F)c1=O. The molecule has 0 aliphatic rings. The van der Waals surface area contributed by atoms with Crippen molar-refractivity contribution in [3.8, 4) is 0 Å². The molecule has 118 valence electrons. The van der Waals surface area contributed by atoms with Crippen LogP contribution in [0, 0.1) is 0 Å². The molecular weight excluding hydrogens is 291 g/mol. The lowest BCUT2D eigenvalue weighted by molar-refractivity contribution is -0.193. The first kappa shape index (κ1) is 17.0. The van der Waals surface area contributed by atoms with Gasteiger partial charge in [0.05, 0.1) is 0 Å². The van der Waals surface area contributed by atoms with Crippen molar-refractivity contribution in [1.29, 1.82) is 0 Å². The summed E-state index contributed by atoms with van der Waals surface area (Å²) >= 11 is 0. The summed E-state index contributed by atoms with van der Waals surface area (Å²) in [4.78, 5) is 26.6. The second kappa shape index (κ2) is 5.05. The Kier molecular flexibility index (Phi) is 4.08. The molecule has 1 aromatic heterocycles. The number of rotatable bonds is 3. The summed E-state index contributed by atoms with van der Waals surface area (Å²) in [5.41, 5.74) is -4.83. The summed E-state index contributed by atoms with van der Waals surface area (Å²) in [5, 5.41) is 10.5. The number of aromatic nitrogens is 2. The second-order valence-electron chi connectivity index (χ2n) is 5.67. The van der Waals surface area contributed by atoms with Crippen LogP contribution < -0.4 is 10.9 Å². The summed E-state index contributed by atoms with van der Waals surface area (Å²) in [7, 11) is 0. The molecule has 0 amide bonds. The Morgan fingerprint density at radius 1 is 1.29 bits per heavy atom. The van der Waals surface area contributed by atoms with Gasteiger partial charge in [-0.25, -0.2) is 9.78 Å². The second-order valence-corrected chi connectivity index (χ2v) is 5.67. The normalized spacial score (nSPS) is 15.4. The van der Waals surface area contributed by atoms with E-state index >= 15 is 0 Å². The molecule has 6 nitrogen and oxygen atoms in total. The van der Waals surface area contributed by atoms with Crippen LogP contribution in [0.5, 0.6) is 0 Å². The minimum absolute atomic E-state index is 0.435. The van der Waals surface area contributed by atoms with Gasteiger partial charge < -0.3 is 15.0 Å². The van der Waals surface area contributed by atoms with E-state index in [-0.39, 0.29) is 0 Å². The number of hydrogen-bond donors (Lipinski definition) is 2. The molecule has 9 heteroatoms. The molecule has 1 heterocycles. The number of carboxylic acid groups (broad SMARTS) is 1. The molecular formula is C12H16F3N3O3. The Bertz CT molecular complexity index is 604. The van der Waals surface area contributed by atoms with E-state index in [4.69, 9.17) is 5.11 Å². The molecule has 0 aliphatic heterocycles. The molecule has 0 spiro atoms. The monoisotopic (exact) mass is 307 g/mol. The molecule has 21 heavy (non-hydrogen) atoms. The van der Waals surface area contributed by atoms with E-state index in [0.29, 0.717) is 6.92 Å². The van der Waals surface area contributed by atoms with Crippen molar-refractivity contribution in [3.05, 3.63) is 22.7 Å². The van der Waals surface area contributed by atoms with Crippen LogP contribution >= 0.6 is 0 Å². The number of anilines is 1. The highest BCUT2D eigenvalue weighted by molar-refractivity contribution is 5.83. The van der Waals surface area contributed by atoms with Crippen molar-refractivity contribution >= 4 is 11.8 Å². The van der Waals surface area contributed by atoms with Gasteiger partial charge in [0.1, 0.15) is 0 Å². The van der Waals surface area contributed by atoms with Gasteiger partial charge in [-0.3, -0.25) is 4.79 Å². The van der Waals surface area contributed by atoms with E-state index in [9.17, 15) is 22.8 Å². The van der Waals surface area contributed by atoms with E-state index in [1.54, 1.807) is 26.1 Å². The average Bonchev–Trinajstić information content (AvgIpc) is 2.28. The van der Waals surface area contributed by atoms with Crippen LogP contribution in [0.25, 0.3) is 0 Å². The smallest absolute Gasteiger partial charge is 0.422 e. The molecule has 1 unspecified atom stereocenters. The van der Waals surface area contributed by atoms with Crippen LogP contribution in [-0.2, 0) is 10.3 Å². The first-order chi connectivity index (χ1) is 9.30. The van der Waals surface area contributed by atoms with Crippen LogP contribution in [0.2, 0.25) is 0 Å². The third kappa shape index (κ3) is 3.17. The molecule has 0 aliphatic carbocycles. The zero-order valence-corrected chi connectivity index (χ0v) is 11.9. The third-order valence-corrected chi connectivity index (χ3v) is 2.93. The first-order valence-corrected chi connectivity index (χ1v) is 5.97. The van der Waals surface area contributed by atoms with Gasteiger partial charge in [0, 0.05) is 17.9 Å². The predicted octanol–water partition coefficient (Wildman–Crippen LogP) is 1.82. The molecule has 0 fully saturated rings. The Balaban J connectivity index is 3.38. The van der Waals surface area contributed by atoms with Gasteiger partial charge >= 0.3 is 12.1 Å². The number of halogens is 3. The lowest BCUT2D eigenvalue weighted by Crippen LogP contribution is -2.56. The van der Waals surface area contributed by atoms with E-state index in [1.165, 1.54) is 10.8 Å². The minimum Gasteiger partial charge on any atom is -0.479 e. The summed E-state index contributed by atoms with van der Waals surface area (Å²) < 4.78 is 39.9. The van der Waals surface area contributed by atoms with Gasteiger partial charge in [0.2, 0.25) is 5.54 Å². The summed E-state index contributed by atoms with van der Waals surface area (Å²) in [5.74, 6) is -2.82. The average molecular weight is 307 g/mol. The Labute approximate surface area is 118 Å². The highest BCUT2D eigenvalue weighted by Gasteiger charge is 2.58. The van der Waals surface area contributed by atoms with E-state index in [1.807, 2.05) is 0 Å². The van der Waals surface area contributed by atoms with Gasteiger partial charge in [-0.15, -0.1) is 0 Å². The Morgan fingerprint density at radius 3 is 2.19 bits per heavy atom. The van der Waals surface area contributed by atoms with Crippen molar-refractivity contribution in [2.45, 2.75) is 44.9 Å². The Morgan fingerprint density at radius 2 is 1.81 bits per heavy atom. The molecule has 0 saturated carbocycles. The lowest BCUT2D eigenvalue weighted by Gasteiger charge is -2.29. The Hall–Kier alpha value is -2.06. The fourth-order valence-corrected chi connectivity index (χ4v) is 1.51. The maximum absolute atomic E-state index is 12.9. The topological polar surface area (TPSA) is 84.2 Å². The molecule has 0 aromatic carbocycles. The van der Waals surface area contributed by atoms with Crippen molar-refractivity contribution in [3.63, 3.8) is 0 Å². The zero-order valence-electron chi connectivity index (χ0n) is 11.9. The number of carboxylic acids is 1. The van der Waals surface area contributed by atoms with Crippen molar-refractivity contribution in [1.82, 2.24) is 9.55 Å². The third-order valence-electron chi connectivity index (χ3n) is 2.93. The van der Waals surface area contributed by atoms with Gasteiger partial charge in [0.15, 0.2) is 5.82 Å². The zero-order chi connectivity index (χ0) is 16.6. The van der Waals surface area contributed by atoms with Crippen LogP contribution in [0.4, 0.5) is 19.0 Å². The molecule has 2 N–H and O–H groups in total.